The van der Waals surface area contributed by atoms with Gasteiger partial charge < -0.3 is 9.88 Å². The molecule has 2 heterocycles. The number of hydrogen-bond acceptors (Lipinski definition) is 5. The van der Waals surface area contributed by atoms with Gasteiger partial charge in [0.25, 0.3) is 5.69 Å². The first-order chi connectivity index (χ1) is 8.97. The molecular formula is C12H18N4O3. The largest absolute Gasteiger partial charge is 0.353 e. The highest BCUT2D eigenvalue weighted by Crippen LogP contribution is 2.14. The minimum Gasteiger partial charge on any atom is -0.353 e. The summed E-state index contributed by atoms with van der Waals surface area (Å²) < 4.78 is 0. The summed E-state index contributed by atoms with van der Waals surface area (Å²) in [5.74, 6) is -0.107. The van der Waals surface area contributed by atoms with Crippen LogP contribution in [0.5, 0.6) is 0 Å². The van der Waals surface area contributed by atoms with E-state index < -0.39 is 4.92 Å². The van der Waals surface area contributed by atoms with Gasteiger partial charge in [0.1, 0.15) is 0 Å². The van der Waals surface area contributed by atoms with Gasteiger partial charge in [0.15, 0.2) is 5.78 Å². The molecule has 0 aliphatic carbocycles. The molecule has 0 amide bonds. The summed E-state index contributed by atoms with van der Waals surface area (Å²) >= 11 is 0. The third-order valence-corrected chi connectivity index (χ3v) is 3.59. The van der Waals surface area contributed by atoms with Gasteiger partial charge >= 0.3 is 0 Å². The second-order valence-corrected chi connectivity index (χ2v) is 5.02. The summed E-state index contributed by atoms with van der Waals surface area (Å²) in [6.45, 7) is 5.03. The van der Waals surface area contributed by atoms with Crippen molar-refractivity contribution >= 4 is 11.5 Å². The van der Waals surface area contributed by atoms with Crippen LogP contribution in [-0.2, 0) is 0 Å². The maximum atomic E-state index is 12.0. The first-order valence-corrected chi connectivity index (χ1v) is 6.26. The number of aromatic amines is 1. The van der Waals surface area contributed by atoms with Gasteiger partial charge in [0.05, 0.1) is 23.4 Å². The number of aromatic nitrogens is 1. The quantitative estimate of drug-likeness (QED) is 0.494. The molecule has 1 saturated heterocycles. The molecule has 2 rings (SSSR count). The van der Waals surface area contributed by atoms with Crippen LogP contribution in [0.4, 0.5) is 5.69 Å². The molecule has 7 nitrogen and oxygen atoms in total. The molecule has 1 aromatic heterocycles. The van der Waals surface area contributed by atoms with Crippen molar-refractivity contribution in [2.75, 3.05) is 33.2 Å². The van der Waals surface area contributed by atoms with E-state index in [2.05, 4.69) is 28.8 Å². The fraction of sp³-hybridized carbons (Fsp3) is 0.583. The monoisotopic (exact) mass is 266 g/mol. The third-order valence-electron chi connectivity index (χ3n) is 3.59. The number of piperazine rings is 1. The van der Waals surface area contributed by atoms with Crippen LogP contribution in [0.3, 0.4) is 0 Å². The lowest BCUT2D eigenvalue weighted by atomic mass is 10.2. The Labute approximate surface area is 111 Å². The van der Waals surface area contributed by atoms with Crippen molar-refractivity contribution < 1.29 is 9.72 Å². The Morgan fingerprint density at radius 3 is 2.89 bits per heavy atom. The summed E-state index contributed by atoms with van der Waals surface area (Å²) in [5, 5.41) is 10.6. The fourth-order valence-corrected chi connectivity index (χ4v) is 2.21. The topological polar surface area (TPSA) is 82.5 Å². The molecule has 0 aromatic carbocycles. The predicted molar refractivity (Wildman–Crippen MR) is 70.3 cm³/mol. The van der Waals surface area contributed by atoms with Gasteiger partial charge in [-0.15, -0.1) is 0 Å². The lowest BCUT2D eigenvalue weighted by Gasteiger charge is -2.37. The van der Waals surface area contributed by atoms with Crippen molar-refractivity contribution in [1.29, 1.82) is 0 Å². The fourth-order valence-electron chi connectivity index (χ4n) is 2.21. The van der Waals surface area contributed by atoms with Crippen LogP contribution in [-0.4, -0.2) is 64.8 Å². The first-order valence-electron chi connectivity index (χ1n) is 6.26. The highest BCUT2D eigenvalue weighted by molar-refractivity contribution is 5.96. The number of ketones is 1. The van der Waals surface area contributed by atoms with Gasteiger partial charge in [-0.05, 0) is 14.0 Å². The zero-order valence-electron chi connectivity index (χ0n) is 11.1. The third kappa shape index (κ3) is 3.18. The average molecular weight is 266 g/mol. The van der Waals surface area contributed by atoms with Gasteiger partial charge in [-0.25, -0.2) is 0 Å². The standard InChI is InChI=1S/C12H18N4O3/c1-9-7-15(4-3-14(9)2)8-12(17)11-5-10(6-13-11)16(18)19/h5-6,9,13H,3-4,7-8H2,1-2H3. The van der Waals surface area contributed by atoms with Crippen LogP contribution < -0.4 is 0 Å². The van der Waals surface area contributed by atoms with Gasteiger partial charge in [-0.1, -0.05) is 0 Å². The number of likely N-dealkylation sites (N-methyl/N-ethyl adjacent to an activating group) is 1. The number of nitrogens with one attached hydrogen (secondary N) is 1. The lowest BCUT2D eigenvalue weighted by molar-refractivity contribution is -0.384. The van der Waals surface area contributed by atoms with Gasteiger partial charge in [0, 0.05) is 31.7 Å². The number of nitrogens with zero attached hydrogens (tertiary/aromatic N) is 3. The van der Waals surface area contributed by atoms with Crippen molar-refractivity contribution in [3.8, 4) is 0 Å². The zero-order valence-corrected chi connectivity index (χ0v) is 11.1. The molecule has 1 unspecified atom stereocenters. The summed E-state index contributed by atoms with van der Waals surface area (Å²) in [6.07, 6.45) is 1.25. The Morgan fingerprint density at radius 2 is 2.32 bits per heavy atom. The van der Waals surface area contributed by atoms with Crippen LogP contribution in [0.15, 0.2) is 12.3 Å². The highest BCUT2D eigenvalue weighted by atomic mass is 16.6. The number of Topliss-reactive ketones (excluding diaryl/α,β-unsaturated/α-hetero) is 1. The average Bonchev–Trinajstić information content (AvgIpc) is 2.83. The Balaban J connectivity index is 1.95. The molecule has 0 saturated carbocycles. The number of nitro groups is 1. The van der Waals surface area contributed by atoms with Crippen molar-refractivity contribution in [2.45, 2.75) is 13.0 Å². The van der Waals surface area contributed by atoms with Crippen molar-refractivity contribution in [2.24, 2.45) is 0 Å². The lowest BCUT2D eigenvalue weighted by Crippen LogP contribution is -2.51. The number of carbonyl (C=O) groups excluding carboxylic acids is 1. The van der Waals surface area contributed by atoms with E-state index in [1.54, 1.807) is 0 Å². The number of rotatable bonds is 4. The zero-order chi connectivity index (χ0) is 14.0. The van der Waals surface area contributed by atoms with E-state index in [0.717, 1.165) is 19.6 Å². The molecule has 1 fully saturated rings. The molecule has 1 N–H and O–H groups in total. The normalized spacial score (nSPS) is 21.5. The Morgan fingerprint density at radius 1 is 1.58 bits per heavy atom. The molecule has 19 heavy (non-hydrogen) atoms. The molecule has 1 atom stereocenters. The van der Waals surface area contributed by atoms with Crippen LogP contribution in [0, 0.1) is 10.1 Å². The Hall–Kier alpha value is -1.73. The first kappa shape index (κ1) is 13.7. The molecule has 7 heteroatoms. The summed E-state index contributed by atoms with van der Waals surface area (Å²) in [7, 11) is 2.07. The molecule has 1 aliphatic heterocycles. The Bertz CT molecular complexity index is 485. The molecule has 104 valence electrons. The number of carbonyl (C=O) groups is 1. The number of hydrogen-bond donors (Lipinski definition) is 1. The highest BCUT2D eigenvalue weighted by Gasteiger charge is 2.23. The van der Waals surface area contributed by atoms with Crippen LogP contribution in [0.2, 0.25) is 0 Å². The van der Waals surface area contributed by atoms with E-state index in [1.165, 1.54) is 12.3 Å². The minimum atomic E-state index is -0.509. The van der Waals surface area contributed by atoms with E-state index in [-0.39, 0.29) is 11.5 Å². The van der Waals surface area contributed by atoms with E-state index in [0.29, 0.717) is 18.3 Å². The summed E-state index contributed by atoms with van der Waals surface area (Å²) in [5.41, 5.74) is 0.230. The molecule has 0 bridgehead atoms. The summed E-state index contributed by atoms with van der Waals surface area (Å²) in [6, 6.07) is 1.71. The second kappa shape index (κ2) is 5.50. The van der Waals surface area contributed by atoms with E-state index >= 15 is 0 Å². The van der Waals surface area contributed by atoms with E-state index in [9.17, 15) is 14.9 Å². The predicted octanol–water partition coefficient (Wildman–Crippen LogP) is 0.741. The van der Waals surface area contributed by atoms with Crippen LogP contribution in [0.25, 0.3) is 0 Å². The SMILES string of the molecule is CC1CN(CC(=O)c2cc([N+](=O)[O-])c[nH]2)CCN1C. The van der Waals surface area contributed by atoms with Crippen molar-refractivity contribution in [1.82, 2.24) is 14.8 Å². The van der Waals surface area contributed by atoms with Crippen molar-refractivity contribution in [3.05, 3.63) is 28.1 Å². The van der Waals surface area contributed by atoms with E-state index in [1.807, 2.05) is 0 Å². The molecule has 1 aliphatic rings. The smallest absolute Gasteiger partial charge is 0.287 e. The molecule has 0 radical (unpaired) electrons. The van der Waals surface area contributed by atoms with Crippen LogP contribution in [0.1, 0.15) is 17.4 Å². The maximum Gasteiger partial charge on any atom is 0.287 e. The molecular weight excluding hydrogens is 248 g/mol. The van der Waals surface area contributed by atoms with E-state index in [4.69, 9.17) is 0 Å². The number of H-pyrrole nitrogens is 1. The van der Waals surface area contributed by atoms with Crippen molar-refractivity contribution in [3.63, 3.8) is 0 Å². The Kier molecular flexibility index (Phi) is 3.96. The maximum absolute atomic E-state index is 12.0. The minimum absolute atomic E-state index is 0.0740. The van der Waals surface area contributed by atoms with Crippen LogP contribution >= 0.6 is 0 Å². The molecule has 1 aromatic rings. The van der Waals surface area contributed by atoms with Gasteiger partial charge in [-0.3, -0.25) is 19.8 Å². The summed E-state index contributed by atoms with van der Waals surface area (Å²) in [4.78, 5) is 29.1. The van der Waals surface area contributed by atoms with Gasteiger partial charge in [-0.2, -0.15) is 0 Å². The van der Waals surface area contributed by atoms with Gasteiger partial charge in [0.2, 0.25) is 0 Å². The second-order valence-electron chi connectivity index (χ2n) is 5.02. The molecule has 0 spiro atoms.